The fourth-order valence-corrected chi connectivity index (χ4v) is 2.85. The van der Waals surface area contributed by atoms with Crippen molar-refractivity contribution < 1.29 is 0 Å². The van der Waals surface area contributed by atoms with E-state index in [0.717, 1.165) is 11.3 Å². The van der Waals surface area contributed by atoms with Crippen LogP contribution in [0.3, 0.4) is 0 Å². The predicted octanol–water partition coefficient (Wildman–Crippen LogP) is 2.61. The molecule has 0 saturated heterocycles. The van der Waals surface area contributed by atoms with Gasteiger partial charge in [-0.25, -0.2) is 9.67 Å². The topological polar surface area (TPSA) is 68.2 Å². The largest absolute Gasteiger partial charge is 0.370 e. The fourth-order valence-electron chi connectivity index (χ4n) is 2.85. The molecule has 0 atom stereocenters. The average molecular weight is 297 g/mol. The van der Waals surface area contributed by atoms with Crippen LogP contribution in [0.2, 0.25) is 0 Å². The highest BCUT2D eigenvalue weighted by atomic mass is 15.3. The van der Waals surface area contributed by atoms with Gasteiger partial charge in [-0.05, 0) is 36.6 Å². The molecular weight excluding hydrogens is 274 g/mol. The highest BCUT2D eigenvalue weighted by Crippen LogP contribution is 2.17. The first kappa shape index (κ1) is 14.6. The highest BCUT2D eigenvalue weighted by Gasteiger charge is 2.13. The van der Waals surface area contributed by atoms with E-state index in [4.69, 9.17) is 5.73 Å². The van der Waals surface area contributed by atoms with Crippen LogP contribution in [0.4, 0.5) is 0 Å². The number of aliphatic imine (C=N–C) groups is 1. The number of nitrogens with two attached hydrogens (primary N) is 1. The maximum atomic E-state index is 5.98. The minimum Gasteiger partial charge on any atom is -0.370 e. The number of benzene rings is 1. The molecule has 1 saturated carbocycles. The van der Waals surface area contributed by atoms with Gasteiger partial charge in [-0.15, -0.1) is 0 Å². The summed E-state index contributed by atoms with van der Waals surface area (Å²) >= 11 is 0. The van der Waals surface area contributed by atoms with Crippen LogP contribution in [0.5, 0.6) is 0 Å². The van der Waals surface area contributed by atoms with E-state index in [-0.39, 0.29) is 0 Å². The number of hydrogen-bond donors (Lipinski definition) is 2. The molecule has 1 aromatic carbocycles. The molecule has 0 amide bonds. The number of guanidine groups is 1. The minimum absolute atomic E-state index is 0.500. The molecule has 1 aromatic heterocycles. The third-order valence-corrected chi connectivity index (χ3v) is 4.09. The molecule has 116 valence electrons. The Morgan fingerprint density at radius 3 is 2.68 bits per heavy atom. The van der Waals surface area contributed by atoms with Crippen molar-refractivity contribution in [2.24, 2.45) is 10.7 Å². The van der Waals surface area contributed by atoms with Crippen molar-refractivity contribution in [3.8, 4) is 5.69 Å². The lowest BCUT2D eigenvalue weighted by atomic mass is 9.96. The van der Waals surface area contributed by atoms with E-state index in [1.54, 1.807) is 6.20 Å². The Labute approximate surface area is 131 Å². The van der Waals surface area contributed by atoms with Gasteiger partial charge in [0.1, 0.15) is 0 Å². The molecule has 5 heteroatoms. The van der Waals surface area contributed by atoms with Gasteiger partial charge < -0.3 is 11.1 Å². The summed E-state index contributed by atoms with van der Waals surface area (Å²) in [5, 5.41) is 7.55. The van der Waals surface area contributed by atoms with E-state index < -0.39 is 0 Å². The van der Waals surface area contributed by atoms with E-state index in [0.29, 0.717) is 18.5 Å². The molecule has 3 rings (SSSR count). The van der Waals surface area contributed by atoms with Crippen LogP contribution < -0.4 is 11.1 Å². The summed E-state index contributed by atoms with van der Waals surface area (Å²) in [6, 6.07) is 10.6. The molecule has 22 heavy (non-hydrogen) atoms. The number of aromatic nitrogens is 2. The number of nitrogens with one attached hydrogen (secondary N) is 1. The summed E-state index contributed by atoms with van der Waals surface area (Å²) in [6.45, 7) is 0.602. The van der Waals surface area contributed by atoms with Gasteiger partial charge in [0, 0.05) is 18.4 Å². The van der Waals surface area contributed by atoms with Crippen molar-refractivity contribution in [2.75, 3.05) is 0 Å². The zero-order chi connectivity index (χ0) is 15.2. The van der Waals surface area contributed by atoms with Crippen LogP contribution in [-0.2, 0) is 6.54 Å². The van der Waals surface area contributed by atoms with Gasteiger partial charge in [-0.3, -0.25) is 0 Å². The van der Waals surface area contributed by atoms with Crippen LogP contribution in [0.25, 0.3) is 5.69 Å². The molecule has 5 nitrogen and oxygen atoms in total. The Hall–Kier alpha value is -2.30. The summed E-state index contributed by atoms with van der Waals surface area (Å²) in [5.74, 6) is 0.558. The van der Waals surface area contributed by atoms with Crippen molar-refractivity contribution in [1.82, 2.24) is 15.1 Å². The van der Waals surface area contributed by atoms with Gasteiger partial charge in [0.2, 0.25) is 0 Å². The third kappa shape index (κ3) is 3.87. The predicted molar refractivity (Wildman–Crippen MR) is 88.9 cm³/mol. The summed E-state index contributed by atoms with van der Waals surface area (Å²) in [4.78, 5) is 4.44. The second-order valence-electron chi connectivity index (χ2n) is 5.80. The molecule has 3 N–H and O–H groups in total. The van der Waals surface area contributed by atoms with Crippen LogP contribution in [0.1, 0.15) is 37.7 Å². The molecule has 0 aliphatic heterocycles. The summed E-state index contributed by atoms with van der Waals surface area (Å²) < 4.78 is 1.84. The molecule has 1 aliphatic carbocycles. The molecule has 1 fully saturated rings. The Balaban J connectivity index is 1.55. The first-order valence-electron chi connectivity index (χ1n) is 7.97. The molecule has 1 heterocycles. The molecule has 1 aliphatic rings. The summed E-state index contributed by atoms with van der Waals surface area (Å²) in [5.41, 5.74) is 8.17. The van der Waals surface area contributed by atoms with Gasteiger partial charge in [0.05, 0.1) is 12.2 Å². The van der Waals surface area contributed by atoms with Crippen LogP contribution in [-0.4, -0.2) is 21.8 Å². The maximum absolute atomic E-state index is 5.98. The number of hydrogen-bond acceptors (Lipinski definition) is 2. The molecule has 0 bridgehead atoms. The van der Waals surface area contributed by atoms with Crippen molar-refractivity contribution in [2.45, 2.75) is 44.7 Å². The monoisotopic (exact) mass is 297 g/mol. The molecular formula is C17H23N5. The third-order valence-electron chi connectivity index (χ3n) is 4.09. The zero-order valence-electron chi connectivity index (χ0n) is 12.8. The zero-order valence-corrected chi connectivity index (χ0v) is 12.8. The van der Waals surface area contributed by atoms with E-state index in [1.165, 1.54) is 32.1 Å². The molecule has 2 aromatic rings. The second-order valence-corrected chi connectivity index (χ2v) is 5.80. The number of rotatable bonds is 4. The van der Waals surface area contributed by atoms with E-state index >= 15 is 0 Å². The van der Waals surface area contributed by atoms with Crippen molar-refractivity contribution >= 4 is 5.96 Å². The molecule has 0 radical (unpaired) electrons. The maximum Gasteiger partial charge on any atom is 0.189 e. The summed E-state index contributed by atoms with van der Waals surface area (Å²) in [6.07, 6.45) is 10.0. The molecule has 0 unspecified atom stereocenters. The summed E-state index contributed by atoms with van der Waals surface area (Å²) in [7, 11) is 0. The van der Waals surface area contributed by atoms with Crippen LogP contribution >= 0.6 is 0 Å². The van der Waals surface area contributed by atoms with E-state index in [1.807, 2.05) is 29.1 Å². The normalized spacial score (nSPS) is 16.6. The smallest absolute Gasteiger partial charge is 0.189 e. The Bertz CT molecular complexity index is 594. The molecule has 0 spiro atoms. The average Bonchev–Trinajstić information content (AvgIpc) is 3.09. The Morgan fingerprint density at radius 1 is 1.23 bits per heavy atom. The van der Waals surface area contributed by atoms with Crippen LogP contribution in [0.15, 0.2) is 47.7 Å². The van der Waals surface area contributed by atoms with Gasteiger partial charge in [-0.1, -0.05) is 31.4 Å². The van der Waals surface area contributed by atoms with Crippen molar-refractivity contribution in [3.63, 3.8) is 0 Å². The number of nitrogens with zero attached hydrogens (tertiary/aromatic N) is 3. The van der Waals surface area contributed by atoms with E-state index in [2.05, 4.69) is 27.5 Å². The minimum atomic E-state index is 0.500. The van der Waals surface area contributed by atoms with Gasteiger partial charge in [-0.2, -0.15) is 5.10 Å². The lowest BCUT2D eigenvalue weighted by molar-refractivity contribution is 0.412. The van der Waals surface area contributed by atoms with Crippen molar-refractivity contribution in [1.29, 1.82) is 0 Å². The fraction of sp³-hybridized carbons (Fsp3) is 0.412. The quantitative estimate of drug-likeness (QED) is 0.673. The van der Waals surface area contributed by atoms with Gasteiger partial charge in [0.25, 0.3) is 0 Å². The van der Waals surface area contributed by atoms with Gasteiger partial charge in [0.15, 0.2) is 5.96 Å². The first-order chi connectivity index (χ1) is 10.8. The van der Waals surface area contributed by atoms with Crippen LogP contribution in [0, 0.1) is 0 Å². The van der Waals surface area contributed by atoms with Gasteiger partial charge >= 0.3 is 0 Å². The second kappa shape index (κ2) is 7.11. The lowest BCUT2D eigenvalue weighted by Gasteiger charge is -2.23. The highest BCUT2D eigenvalue weighted by molar-refractivity contribution is 5.78. The lowest BCUT2D eigenvalue weighted by Crippen LogP contribution is -2.41. The van der Waals surface area contributed by atoms with Crippen molar-refractivity contribution in [3.05, 3.63) is 48.3 Å². The standard InChI is InChI=1S/C17H23N5/c18-17(21-15-5-2-1-3-6-15)19-13-14-7-9-16(10-8-14)22-12-4-11-20-22/h4,7-12,15H,1-3,5-6,13H2,(H3,18,19,21). The Kier molecular flexibility index (Phi) is 4.73. The Morgan fingerprint density at radius 2 is 2.00 bits per heavy atom. The SMILES string of the molecule is NC(=NCc1ccc(-n2cccn2)cc1)NC1CCCCC1. The van der Waals surface area contributed by atoms with E-state index in [9.17, 15) is 0 Å². The first-order valence-corrected chi connectivity index (χ1v) is 7.97.